The van der Waals surface area contributed by atoms with Gasteiger partial charge in [-0.3, -0.25) is 0 Å². The lowest BCUT2D eigenvalue weighted by molar-refractivity contribution is -0.344. The number of hydrogen-bond acceptors (Lipinski definition) is 37. The van der Waals surface area contributed by atoms with Gasteiger partial charge in [0, 0.05) is 43.1 Å². The molecule has 111 heavy (non-hydrogen) atoms. The van der Waals surface area contributed by atoms with Crippen molar-refractivity contribution in [3.8, 4) is 0 Å². The van der Waals surface area contributed by atoms with Crippen LogP contribution in [0.1, 0.15) is 116 Å². The molecule has 0 spiro atoms. The van der Waals surface area contributed by atoms with Crippen molar-refractivity contribution < 1.29 is 183 Å². The molecule has 0 amide bonds. The molecule has 37 nitrogen and oxygen atoms in total. The van der Waals surface area contributed by atoms with Gasteiger partial charge in [0.15, 0.2) is 31.3 Å². The molecule has 0 radical (unpaired) electrons. The predicted octanol–water partition coefficient (Wildman–Crippen LogP) is -6.39. The van der Waals surface area contributed by atoms with Crippen LogP contribution in [0.25, 0.3) is 0 Å². The van der Waals surface area contributed by atoms with E-state index in [2.05, 4.69) is 0 Å². The van der Waals surface area contributed by atoms with E-state index in [4.69, 9.17) is 61.6 Å². The second-order valence-corrected chi connectivity index (χ2v) is 31.8. The maximum absolute atomic E-state index is 13.5. The van der Waals surface area contributed by atoms with Crippen molar-refractivity contribution >= 4 is 23.9 Å². The summed E-state index contributed by atoms with van der Waals surface area (Å²) in [5.41, 5.74) is 0. The molecule has 0 aromatic rings. The lowest BCUT2D eigenvalue weighted by atomic mass is 9.72. The summed E-state index contributed by atoms with van der Waals surface area (Å²) >= 11 is 0. The van der Waals surface area contributed by atoms with E-state index in [1.807, 2.05) is 0 Å². The first kappa shape index (κ1) is 87.5. The summed E-state index contributed by atoms with van der Waals surface area (Å²) in [6.07, 6.45) is -36.2. The average Bonchev–Trinajstić information content (AvgIpc) is 1.31. The van der Waals surface area contributed by atoms with Crippen molar-refractivity contribution in [3.63, 3.8) is 0 Å². The quantitative estimate of drug-likeness (QED) is 0.0230. The number of aliphatic hydroxyl groups excluding tert-OH is 20. The zero-order valence-electron chi connectivity index (χ0n) is 61.2. The smallest absolute Gasteiger partial charge is 0.330 e. The molecule has 630 valence electrons. The SMILES string of the molecule is O=C(C=CC1CCC(O)C(O)C1)OC[C@@H]1O[C@@H](OC[C@H]2O[C@@H](OC3CC4C(O)CC(O[C@@H]5O[C@H](COC(=O)C=CC6CCC(O)C(O)C6)[C@@H](O)[C@H](O)[C@H]5O)CC4OC3C3CCC(O)C(O[C@@H]4O[C@H](COC(=O)C=CC5CCC(O)C(O)C5)[C@@H](O)[C@H](O)[C@H]4O)C3)[C@H](O)[C@@H](O)[C@@H]2O)[C@H](OC(=O)C=CC2CCC(O)C(O)C2)[C@H]1O. The number of hydrogen-bond donors (Lipinski definition) is 20. The zero-order chi connectivity index (χ0) is 79.8. The summed E-state index contributed by atoms with van der Waals surface area (Å²) < 4.78 is 78.0. The minimum absolute atomic E-state index is 0.0394. The number of carbonyl (C=O) groups is 4. The normalized spacial score (nSPS) is 47.5. The molecule has 6 saturated carbocycles. The van der Waals surface area contributed by atoms with Crippen molar-refractivity contribution in [2.75, 3.05) is 26.4 Å². The standard InChI is InChI=1S/C74H112O37/c75-38-10-1-31(19-44(38)81)5-15-55(85)99-27-51-59(89)63(93)66(96)71(107-51)103-36-24-43(80)37-26-50(69(104-48(37)25-36)35-9-14-42(79)49(23-35)105-72-67(97)64(94)60(90)52(108-72)28-100-56(86)16-6-32-2-11-39(76)45(82)20-32)106-73-68(98)65(95)61(91)53(109-73)30-102-74-70(111-58(88)18-8-34-4-13-41(78)47(84)22-34)62(92)54(110-74)29-101-57(87)17-7-33-3-12-40(77)46(83)21-33/h5-8,15-18,31-54,59-84,89-98H,1-4,9-14,19-30H2/t31?,32?,33?,34?,35?,36?,37?,38?,39?,40?,41?,42?,43?,44?,45?,46?,47?,48?,49?,50?,51-,52-,53-,54+,59-,60-,61-,62+,63+,64+,65+,66-,67-,68-,69?,70-,71-,72-,73-,74-/m1/s1. The molecule has 21 unspecified atom stereocenters. The highest BCUT2D eigenvalue weighted by Crippen LogP contribution is 2.46. The first-order valence-corrected chi connectivity index (χ1v) is 38.8. The Morgan fingerprint density at radius 2 is 0.676 bits per heavy atom. The van der Waals surface area contributed by atoms with E-state index in [0.29, 0.717) is 44.9 Å². The first-order valence-electron chi connectivity index (χ1n) is 38.8. The van der Waals surface area contributed by atoms with Gasteiger partial charge in [-0.15, -0.1) is 0 Å². The fourth-order valence-corrected chi connectivity index (χ4v) is 17.0. The lowest BCUT2D eigenvalue weighted by Crippen LogP contribution is -2.63. The summed E-state index contributed by atoms with van der Waals surface area (Å²) in [6.45, 7) is -2.68. The van der Waals surface area contributed by atoms with Crippen LogP contribution in [-0.2, 0) is 80.8 Å². The number of aliphatic hydroxyl groups is 20. The fraction of sp³-hybridized carbons (Fsp3) is 0.838. The number of allylic oxidation sites excluding steroid dienone is 4. The Balaban J connectivity index is 0.785. The third kappa shape index (κ3) is 22.5. The first-order chi connectivity index (χ1) is 52.9. The highest BCUT2D eigenvalue weighted by atomic mass is 16.8. The highest BCUT2D eigenvalue weighted by Gasteiger charge is 2.56. The minimum atomic E-state index is -2.06. The van der Waals surface area contributed by atoms with Crippen LogP contribution < -0.4 is 0 Å². The molecule has 5 heterocycles. The molecule has 5 aliphatic heterocycles. The Morgan fingerprint density at radius 3 is 1.10 bits per heavy atom. The average molecular weight is 1590 g/mol. The predicted molar refractivity (Wildman–Crippen MR) is 367 cm³/mol. The van der Waals surface area contributed by atoms with Gasteiger partial charge in [-0.2, -0.15) is 0 Å². The Kier molecular flexibility index (Phi) is 31.3. The van der Waals surface area contributed by atoms with Crippen LogP contribution in [0.3, 0.4) is 0 Å². The van der Waals surface area contributed by atoms with E-state index in [1.165, 1.54) is 24.3 Å². The minimum Gasteiger partial charge on any atom is -0.460 e. The Morgan fingerprint density at radius 1 is 0.306 bits per heavy atom. The van der Waals surface area contributed by atoms with Crippen molar-refractivity contribution in [3.05, 3.63) is 48.6 Å². The van der Waals surface area contributed by atoms with Gasteiger partial charge in [0.25, 0.3) is 0 Å². The van der Waals surface area contributed by atoms with Crippen molar-refractivity contribution in [1.29, 1.82) is 0 Å². The van der Waals surface area contributed by atoms with Crippen LogP contribution >= 0.6 is 0 Å². The highest BCUT2D eigenvalue weighted by molar-refractivity contribution is 5.83. The van der Waals surface area contributed by atoms with Gasteiger partial charge < -0.3 is 164 Å². The molecule has 11 aliphatic rings. The van der Waals surface area contributed by atoms with Gasteiger partial charge in [-0.1, -0.05) is 24.3 Å². The molecule has 11 fully saturated rings. The molecular formula is C74H112O37. The summed E-state index contributed by atoms with van der Waals surface area (Å²) in [6, 6.07) is 0. The van der Waals surface area contributed by atoms with E-state index < -0.39 is 270 Å². The molecular weight excluding hydrogens is 1480 g/mol. The third-order valence-electron chi connectivity index (χ3n) is 23.8. The summed E-state index contributed by atoms with van der Waals surface area (Å²) in [5, 5.41) is 217. The van der Waals surface area contributed by atoms with Gasteiger partial charge in [0.1, 0.15) is 105 Å². The molecule has 6 aliphatic carbocycles. The van der Waals surface area contributed by atoms with E-state index in [-0.39, 0.29) is 94.3 Å². The van der Waals surface area contributed by atoms with Crippen molar-refractivity contribution in [2.24, 2.45) is 35.5 Å². The molecule has 11 rings (SSSR count). The molecule has 37 heteroatoms. The van der Waals surface area contributed by atoms with Crippen molar-refractivity contribution in [1.82, 2.24) is 0 Å². The number of fused-ring (bicyclic) bond motifs is 1. The summed E-state index contributed by atoms with van der Waals surface area (Å²) in [5.74, 6) is -6.35. The molecule has 20 N–H and O–H groups in total. The van der Waals surface area contributed by atoms with Gasteiger partial charge in [0.05, 0.1) is 98.2 Å². The molecule has 5 saturated heterocycles. The van der Waals surface area contributed by atoms with E-state index >= 15 is 0 Å². The molecule has 0 aromatic heterocycles. The summed E-state index contributed by atoms with van der Waals surface area (Å²) in [7, 11) is 0. The monoisotopic (exact) mass is 1590 g/mol. The number of ether oxygens (including phenoxy) is 13. The van der Waals surface area contributed by atoms with Gasteiger partial charge >= 0.3 is 23.9 Å². The number of carbonyl (C=O) groups excluding carboxylic acids is 4. The second kappa shape index (κ2) is 39.8. The Hall–Kier alpha value is -4.32. The molecule has 0 bridgehead atoms. The largest absolute Gasteiger partial charge is 0.460 e. The van der Waals surface area contributed by atoms with E-state index in [9.17, 15) is 121 Å². The van der Waals surface area contributed by atoms with Gasteiger partial charge in [0.2, 0.25) is 0 Å². The van der Waals surface area contributed by atoms with E-state index in [1.54, 1.807) is 0 Å². The van der Waals surface area contributed by atoms with Crippen LogP contribution in [0.2, 0.25) is 0 Å². The maximum Gasteiger partial charge on any atom is 0.330 e. The number of rotatable bonds is 25. The van der Waals surface area contributed by atoms with Crippen LogP contribution in [0.15, 0.2) is 48.6 Å². The molecule has 40 atom stereocenters. The van der Waals surface area contributed by atoms with Crippen LogP contribution in [0.4, 0.5) is 0 Å². The second-order valence-electron chi connectivity index (χ2n) is 31.8. The maximum atomic E-state index is 13.5. The third-order valence-corrected chi connectivity index (χ3v) is 23.8. The molecule has 0 aromatic carbocycles. The van der Waals surface area contributed by atoms with Gasteiger partial charge in [-0.05, 0) is 132 Å². The number of esters is 4. The summed E-state index contributed by atoms with van der Waals surface area (Å²) in [4.78, 5) is 52.2. The van der Waals surface area contributed by atoms with Crippen LogP contribution in [0, 0.1) is 35.5 Å². The Bertz CT molecular complexity index is 3110. The van der Waals surface area contributed by atoms with Crippen molar-refractivity contribution in [2.45, 2.75) is 324 Å². The van der Waals surface area contributed by atoms with E-state index in [0.717, 1.165) is 24.3 Å². The topological polar surface area (TPSA) is 593 Å². The lowest BCUT2D eigenvalue weighted by Gasteiger charge is -2.52. The fourth-order valence-electron chi connectivity index (χ4n) is 17.0. The van der Waals surface area contributed by atoms with Crippen LogP contribution in [0.5, 0.6) is 0 Å². The van der Waals surface area contributed by atoms with Crippen LogP contribution in [-0.4, -0.2) is 361 Å². The zero-order valence-corrected chi connectivity index (χ0v) is 61.2. The van der Waals surface area contributed by atoms with Gasteiger partial charge in [-0.25, -0.2) is 19.2 Å². The Labute approximate surface area is 639 Å².